The largest absolute Gasteiger partial charge is 0.496 e. The molecule has 0 amide bonds. The third-order valence-electron chi connectivity index (χ3n) is 3.18. The number of nitrogens with zero attached hydrogens (tertiary/aromatic N) is 1. The maximum atomic E-state index is 9.98. The molecule has 1 N–H and O–H groups in total. The first-order valence-electron chi connectivity index (χ1n) is 6.75. The van der Waals surface area contributed by atoms with Crippen molar-refractivity contribution in [2.45, 2.75) is 39.7 Å². The SMILES string of the molecule is CCCCN(CC)c1cccc(OC)c1[C@@H](C)O. The number of rotatable bonds is 7. The van der Waals surface area contributed by atoms with Crippen LogP contribution in [-0.2, 0) is 0 Å². The first-order valence-corrected chi connectivity index (χ1v) is 6.75. The molecule has 1 atom stereocenters. The normalized spacial score (nSPS) is 12.3. The van der Waals surface area contributed by atoms with Gasteiger partial charge in [-0.3, -0.25) is 0 Å². The predicted molar refractivity (Wildman–Crippen MR) is 76.4 cm³/mol. The van der Waals surface area contributed by atoms with Gasteiger partial charge >= 0.3 is 0 Å². The lowest BCUT2D eigenvalue weighted by Gasteiger charge is -2.27. The molecule has 0 aliphatic heterocycles. The molecule has 1 aromatic rings. The molecule has 0 heterocycles. The van der Waals surface area contributed by atoms with Gasteiger partial charge in [0.1, 0.15) is 5.75 Å². The summed E-state index contributed by atoms with van der Waals surface area (Å²) in [6.45, 7) is 8.07. The Kier molecular flexibility index (Phi) is 5.99. The van der Waals surface area contributed by atoms with E-state index in [1.165, 1.54) is 6.42 Å². The van der Waals surface area contributed by atoms with Crippen molar-refractivity contribution in [2.75, 3.05) is 25.1 Å². The lowest BCUT2D eigenvalue weighted by Crippen LogP contribution is -2.25. The molecule has 0 saturated carbocycles. The van der Waals surface area contributed by atoms with Crippen LogP contribution >= 0.6 is 0 Å². The van der Waals surface area contributed by atoms with E-state index in [0.717, 1.165) is 36.5 Å². The quantitative estimate of drug-likeness (QED) is 0.806. The van der Waals surface area contributed by atoms with Crippen molar-refractivity contribution in [3.05, 3.63) is 23.8 Å². The predicted octanol–water partition coefficient (Wildman–Crippen LogP) is 3.37. The molecule has 18 heavy (non-hydrogen) atoms. The Morgan fingerprint density at radius 1 is 1.33 bits per heavy atom. The molecule has 0 bridgehead atoms. The monoisotopic (exact) mass is 251 g/mol. The lowest BCUT2D eigenvalue weighted by atomic mass is 10.1. The van der Waals surface area contributed by atoms with E-state index < -0.39 is 6.10 Å². The Labute approximate surface area is 110 Å². The van der Waals surface area contributed by atoms with Crippen LogP contribution in [0.1, 0.15) is 45.3 Å². The maximum absolute atomic E-state index is 9.98. The zero-order valence-corrected chi connectivity index (χ0v) is 11.9. The highest BCUT2D eigenvalue weighted by atomic mass is 16.5. The number of hydrogen-bond donors (Lipinski definition) is 1. The molecule has 0 saturated heterocycles. The molecule has 0 spiro atoms. The zero-order chi connectivity index (χ0) is 13.5. The molecule has 3 heteroatoms. The van der Waals surface area contributed by atoms with E-state index in [0.29, 0.717) is 0 Å². The third kappa shape index (κ3) is 3.39. The molecule has 0 radical (unpaired) electrons. The topological polar surface area (TPSA) is 32.7 Å². The van der Waals surface area contributed by atoms with E-state index in [1.54, 1.807) is 14.0 Å². The summed E-state index contributed by atoms with van der Waals surface area (Å²) in [6.07, 6.45) is 1.81. The van der Waals surface area contributed by atoms with Gasteiger partial charge in [-0.05, 0) is 32.4 Å². The first-order chi connectivity index (χ1) is 8.65. The maximum Gasteiger partial charge on any atom is 0.126 e. The minimum absolute atomic E-state index is 0.521. The van der Waals surface area contributed by atoms with Gasteiger partial charge in [0.25, 0.3) is 0 Å². The summed E-state index contributed by atoms with van der Waals surface area (Å²) in [5, 5.41) is 9.98. The van der Waals surface area contributed by atoms with Gasteiger partial charge in [0.05, 0.1) is 13.2 Å². The fourth-order valence-electron chi connectivity index (χ4n) is 2.20. The zero-order valence-electron chi connectivity index (χ0n) is 11.9. The van der Waals surface area contributed by atoms with Crippen molar-refractivity contribution in [3.63, 3.8) is 0 Å². The standard InChI is InChI=1S/C15H25NO2/c1-5-7-11-16(6-2)13-9-8-10-14(18-4)15(13)12(3)17/h8-10,12,17H,5-7,11H2,1-4H3/t12-/m1/s1. The van der Waals surface area contributed by atoms with E-state index in [4.69, 9.17) is 4.74 Å². The van der Waals surface area contributed by atoms with Crippen LogP contribution in [0.15, 0.2) is 18.2 Å². The number of aliphatic hydroxyl groups is 1. The van der Waals surface area contributed by atoms with Gasteiger partial charge in [-0.2, -0.15) is 0 Å². The van der Waals surface area contributed by atoms with E-state index in [2.05, 4.69) is 24.8 Å². The van der Waals surface area contributed by atoms with Crippen LogP contribution in [0.2, 0.25) is 0 Å². The van der Waals surface area contributed by atoms with Crippen molar-refractivity contribution in [1.82, 2.24) is 0 Å². The summed E-state index contributed by atoms with van der Waals surface area (Å²) in [5.74, 6) is 0.762. The highest BCUT2D eigenvalue weighted by Gasteiger charge is 2.17. The third-order valence-corrected chi connectivity index (χ3v) is 3.18. The fourth-order valence-corrected chi connectivity index (χ4v) is 2.20. The lowest BCUT2D eigenvalue weighted by molar-refractivity contribution is 0.194. The molecule has 0 unspecified atom stereocenters. The summed E-state index contributed by atoms with van der Waals surface area (Å²) < 4.78 is 5.36. The van der Waals surface area contributed by atoms with Crippen molar-refractivity contribution in [3.8, 4) is 5.75 Å². The number of hydrogen-bond acceptors (Lipinski definition) is 3. The molecule has 1 aromatic carbocycles. The van der Waals surface area contributed by atoms with Crippen molar-refractivity contribution in [1.29, 1.82) is 0 Å². The highest BCUT2D eigenvalue weighted by Crippen LogP contribution is 2.34. The number of unbranched alkanes of at least 4 members (excludes halogenated alkanes) is 1. The Morgan fingerprint density at radius 3 is 2.56 bits per heavy atom. The minimum atomic E-state index is -0.521. The number of aliphatic hydroxyl groups excluding tert-OH is 1. The van der Waals surface area contributed by atoms with Gasteiger partial charge in [0.15, 0.2) is 0 Å². The summed E-state index contributed by atoms with van der Waals surface area (Å²) in [4.78, 5) is 2.30. The van der Waals surface area contributed by atoms with Crippen LogP contribution in [0.4, 0.5) is 5.69 Å². The molecule has 1 rings (SSSR count). The summed E-state index contributed by atoms with van der Waals surface area (Å²) >= 11 is 0. The number of benzene rings is 1. The molecule has 0 fully saturated rings. The summed E-state index contributed by atoms with van der Waals surface area (Å²) in [7, 11) is 1.65. The van der Waals surface area contributed by atoms with Crippen LogP contribution in [0.5, 0.6) is 5.75 Å². The molecule has 0 aromatic heterocycles. The number of methoxy groups -OCH3 is 1. The second-order valence-electron chi connectivity index (χ2n) is 4.50. The number of anilines is 1. The Morgan fingerprint density at radius 2 is 2.06 bits per heavy atom. The van der Waals surface area contributed by atoms with Gasteiger partial charge in [0.2, 0.25) is 0 Å². The Balaban J connectivity index is 3.12. The average molecular weight is 251 g/mol. The van der Waals surface area contributed by atoms with Gasteiger partial charge in [-0.15, -0.1) is 0 Å². The Hall–Kier alpha value is -1.22. The van der Waals surface area contributed by atoms with Gasteiger partial charge in [0, 0.05) is 24.3 Å². The van der Waals surface area contributed by atoms with Gasteiger partial charge < -0.3 is 14.7 Å². The van der Waals surface area contributed by atoms with Crippen LogP contribution < -0.4 is 9.64 Å². The van der Waals surface area contributed by atoms with Crippen LogP contribution in [0.3, 0.4) is 0 Å². The molecule has 0 aliphatic rings. The van der Waals surface area contributed by atoms with Gasteiger partial charge in [-0.1, -0.05) is 19.4 Å². The van der Waals surface area contributed by atoms with Crippen molar-refractivity contribution < 1.29 is 9.84 Å². The first kappa shape index (κ1) is 14.8. The molecular weight excluding hydrogens is 226 g/mol. The van der Waals surface area contributed by atoms with Crippen molar-refractivity contribution >= 4 is 5.69 Å². The Bertz CT molecular complexity index is 364. The van der Waals surface area contributed by atoms with E-state index in [-0.39, 0.29) is 0 Å². The smallest absolute Gasteiger partial charge is 0.126 e. The molecular formula is C15H25NO2. The summed E-state index contributed by atoms with van der Waals surface area (Å²) in [5.41, 5.74) is 1.97. The average Bonchev–Trinajstić information content (AvgIpc) is 2.38. The second-order valence-corrected chi connectivity index (χ2v) is 4.50. The van der Waals surface area contributed by atoms with Crippen LogP contribution in [0, 0.1) is 0 Å². The van der Waals surface area contributed by atoms with E-state index in [1.807, 2.05) is 12.1 Å². The van der Waals surface area contributed by atoms with Crippen LogP contribution in [0.25, 0.3) is 0 Å². The minimum Gasteiger partial charge on any atom is -0.496 e. The highest BCUT2D eigenvalue weighted by molar-refractivity contribution is 5.60. The summed E-state index contributed by atoms with van der Waals surface area (Å²) in [6, 6.07) is 5.94. The second kappa shape index (κ2) is 7.27. The molecule has 3 nitrogen and oxygen atoms in total. The van der Waals surface area contributed by atoms with E-state index >= 15 is 0 Å². The fraction of sp³-hybridized carbons (Fsp3) is 0.600. The molecule has 102 valence electrons. The molecule has 0 aliphatic carbocycles. The van der Waals surface area contributed by atoms with Crippen LogP contribution in [-0.4, -0.2) is 25.3 Å². The number of ether oxygens (including phenoxy) is 1. The van der Waals surface area contributed by atoms with E-state index in [9.17, 15) is 5.11 Å². The van der Waals surface area contributed by atoms with Gasteiger partial charge in [-0.25, -0.2) is 0 Å². The van der Waals surface area contributed by atoms with Crippen molar-refractivity contribution in [2.24, 2.45) is 0 Å².